The van der Waals surface area contributed by atoms with Crippen LogP contribution in [0, 0.1) is 12.3 Å². The lowest BCUT2D eigenvalue weighted by molar-refractivity contribution is 0.0525. The lowest BCUT2D eigenvalue weighted by Crippen LogP contribution is -2.16. The standard InChI is InChI=1S/C22H18N2O5S/c1-4-12-24-17-11-10-16(21(27)29-5-2)13-18(17)30-22(24)23-19(25)14-6-8-15(9-7-14)20(26)28-3/h1,6-11,13H,5,12H2,2-3H3. The molecule has 0 saturated heterocycles. The minimum absolute atomic E-state index is 0.214. The minimum atomic E-state index is -0.486. The number of carbonyl (C=O) groups excluding carboxylic acids is 3. The number of rotatable bonds is 5. The van der Waals surface area contributed by atoms with Crippen LogP contribution in [0.25, 0.3) is 10.2 Å². The molecule has 0 N–H and O–H groups in total. The highest BCUT2D eigenvalue weighted by molar-refractivity contribution is 7.16. The van der Waals surface area contributed by atoms with E-state index in [0.29, 0.717) is 21.5 Å². The first-order chi connectivity index (χ1) is 14.5. The zero-order valence-electron chi connectivity index (χ0n) is 16.4. The summed E-state index contributed by atoms with van der Waals surface area (Å²) in [6.45, 7) is 2.23. The van der Waals surface area contributed by atoms with Gasteiger partial charge in [-0.3, -0.25) is 4.79 Å². The monoisotopic (exact) mass is 422 g/mol. The van der Waals surface area contributed by atoms with Crippen LogP contribution in [0.15, 0.2) is 47.5 Å². The topological polar surface area (TPSA) is 87.0 Å². The van der Waals surface area contributed by atoms with E-state index in [1.165, 1.54) is 42.7 Å². The largest absolute Gasteiger partial charge is 0.465 e. The van der Waals surface area contributed by atoms with Gasteiger partial charge in [0.2, 0.25) is 0 Å². The van der Waals surface area contributed by atoms with Crippen LogP contribution in [0.1, 0.15) is 38.0 Å². The molecule has 1 aromatic heterocycles. The summed E-state index contributed by atoms with van der Waals surface area (Å²) in [4.78, 5) is 40.8. The Morgan fingerprint density at radius 1 is 1.07 bits per heavy atom. The second kappa shape index (κ2) is 9.20. The first kappa shape index (κ1) is 21.0. The number of methoxy groups -OCH3 is 1. The van der Waals surface area contributed by atoms with Crippen molar-refractivity contribution in [3.05, 3.63) is 64.0 Å². The van der Waals surface area contributed by atoms with E-state index in [0.717, 1.165) is 10.2 Å². The highest BCUT2D eigenvalue weighted by Gasteiger charge is 2.13. The molecule has 0 radical (unpaired) electrons. The number of carbonyl (C=O) groups is 3. The molecule has 0 atom stereocenters. The molecule has 0 unspecified atom stereocenters. The van der Waals surface area contributed by atoms with Gasteiger partial charge in [0.1, 0.15) is 0 Å². The number of nitrogens with zero attached hydrogens (tertiary/aromatic N) is 2. The fraction of sp³-hybridized carbons (Fsp3) is 0.182. The SMILES string of the molecule is C#CCn1c(=NC(=O)c2ccc(C(=O)OC)cc2)sc2cc(C(=O)OCC)ccc21. The smallest absolute Gasteiger partial charge is 0.338 e. The Morgan fingerprint density at radius 3 is 2.37 bits per heavy atom. The number of hydrogen-bond donors (Lipinski definition) is 0. The van der Waals surface area contributed by atoms with Crippen LogP contribution in [0.3, 0.4) is 0 Å². The molecule has 0 aliphatic rings. The molecule has 0 aliphatic carbocycles. The number of thiazole rings is 1. The molecule has 0 bridgehead atoms. The highest BCUT2D eigenvalue weighted by Crippen LogP contribution is 2.20. The van der Waals surface area contributed by atoms with Crippen molar-refractivity contribution in [2.24, 2.45) is 4.99 Å². The van der Waals surface area contributed by atoms with Crippen molar-refractivity contribution in [2.45, 2.75) is 13.5 Å². The van der Waals surface area contributed by atoms with Gasteiger partial charge >= 0.3 is 11.9 Å². The summed E-state index contributed by atoms with van der Waals surface area (Å²) >= 11 is 1.25. The maximum Gasteiger partial charge on any atom is 0.338 e. The van der Waals surface area contributed by atoms with E-state index in [-0.39, 0.29) is 13.2 Å². The predicted molar refractivity (Wildman–Crippen MR) is 112 cm³/mol. The molecular formula is C22H18N2O5S. The van der Waals surface area contributed by atoms with Crippen LogP contribution in [-0.4, -0.2) is 36.1 Å². The number of hydrogen-bond acceptors (Lipinski definition) is 6. The van der Waals surface area contributed by atoms with Gasteiger partial charge in [0.25, 0.3) is 5.91 Å². The summed E-state index contributed by atoms with van der Waals surface area (Å²) in [6.07, 6.45) is 5.49. The molecule has 0 aliphatic heterocycles. The van der Waals surface area contributed by atoms with Gasteiger partial charge in [0.05, 0.1) is 41.6 Å². The molecule has 0 spiro atoms. The van der Waals surface area contributed by atoms with Crippen LogP contribution in [-0.2, 0) is 16.0 Å². The third kappa shape index (κ3) is 4.31. The zero-order chi connectivity index (χ0) is 21.7. The Kier molecular flexibility index (Phi) is 6.45. The van der Waals surface area contributed by atoms with Crippen molar-refractivity contribution in [2.75, 3.05) is 13.7 Å². The summed E-state index contributed by atoms with van der Waals surface area (Å²) in [7, 11) is 1.29. The second-order valence-electron chi connectivity index (χ2n) is 6.06. The Bertz CT molecular complexity index is 1230. The molecule has 3 aromatic rings. The molecule has 152 valence electrons. The second-order valence-corrected chi connectivity index (χ2v) is 7.07. The van der Waals surface area contributed by atoms with Crippen molar-refractivity contribution in [3.8, 4) is 12.3 Å². The van der Waals surface area contributed by atoms with Gasteiger partial charge in [-0.2, -0.15) is 4.99 Å². The number of fused-ring (bicyclic) bond motifs is 1. The third-order valence-corrected chi connectivity index (χ3v) is 5.23. The first-order valence-electron chi connectivity index (χ1n) is 9.00. The quantitative estimate of drug-likeness (QED) is 0.466. The predicted octanol–water partition coefficient (Wildman–Crippen LogP) is 3.04. The maximum atomic E-state index is 12.6. The number of benzene rings is 2. The van der Waals surface area contributed by atoms with Gasteiger partial charge in [-0.05, 0) is 49.4 Å². The lowest BCUT2D eigenvalue weighted by Gasteiger charge is -2.03. The maximum absolute atomic E-state index is 12.6. The Morgan fingerprint density at radius 2 is 1.73 bits per heavy atom. The van der Waals surface area contributed by atoms with E-state index >= 15 is 0 Å². The average Bonchev–Trinajstić information content (AvgIpc) is 3.09. The molecule has 30 heavy (non-hydrogen) atoms. The van der Waals surface area contributed by atoms with Crippen molar-refractivity contribution >= 4 is 39.4 Å². The van der Waals surface area contributed by atoms with Crippen LogP contribution in [0.5, 0.6) is 0 Å². The molecule has 1 amide bonds. The number of ether oxygens (including phenoxy) is 2. The summed E-state index contributed by atoms with van der Waals surface area (Å²) in [5.41, 5.74) is 1.83. The van der Waals surface area contributed by atoms with E-state index in [4.69, 9.17) is 11.2 Å². The molecule has 8 heteroatoms. The van der Waals surface area contributed by atoms with E-state index < -0.39 is 17.8 Å². The van der Waals surface area contributed by atoms with Gasteiger partial charge < -0.3 is 14.0 Å². The summed E-state index contributed by atoms with van der Waals surface area (Å²) in [6, 6.07) is 11.1. The molecule has 1 heterocycles. The minimum Gasteiger partial charge on any atom is -0.465 e. The summed E-state index contributed by atoms with van der Waals surface area (Å²) < 4.78 is 12.2. The number of aromatic nitrogens is 1. The third-order valence-electron chi connectivity index (χ3n) is 4.19. The number of amides is 1. The van der Waals surface area contributed by atoms with Gasteiger partial charge in [-0.15, -0.1) is 6.42 Å². The molecule has 0 fully saturated rings. The van der Waals surface area contributed by atoms with Crippen molar-refractivity contribution in [3.63, 3.8) is 0 Å². The van der Waals surface area contributed by atoms with Crippen LogP contribution in [0.2, 0.25) is 0 Å². The van der Waals surface area contributed by atoms with E-state index in [9.17, 15) is 14.4 Å². The molecular weight excluding hydrogens is 404 g/mol. The first-order valence-corrected chi connectivity index (χ1v) is 9.81. The number of esters is 2. The Balaban J connectivity index is 2.02. The molecule has 0 saturated carbocycles. The van der Waals surface area contributed by atoms with Gasteiger partial charge in [0, 0.05) is 5.56 Å². The fourth-order valence-electron chi connectivity index (χ4n) is 2.76. The van der Waals surface area contributed by atoms with Crippen molar-refractivity contribution in [1.82, 2.24) is 4.57 Å². The fourth-order valence-corrected chi connectivity index (χ4v) is 3.83. The summed E-state index contributed by atoms with van der Waals surface area (Å²) in [5, 5.41) is 0. The molecule has 3 rings (SSSR count). The normalized spacial score (nSPS) is 11.2. The van der Waals surface area contributed by atoms with Gasteiger partial charge in [-0.25, -0.2) is 9.59 Å². The van der Waals surface area contributed by atoms with E-state index in [1.807, 2.05) is 0 Å². The van der Waals surface area contributed by atoms with Gasteiger partial charge in [0.15, 0.2) is 4.80 Å². The van der Waals surface area contributed by atoms with E-state index in [2.05, 4.69) is 15.6 Å². The average molecular weight is 422 g/mol. The Labute approximate surface area is 176 Å². The number of terminal acetylenes is 1. The lowest BCUT2D eigenvalue weighted by atomic mass is 10.1. The van der Waals surface area contributed by atoms with E-state index in [1.54, 1.807) is 29.7 Å². The highest BCUT2D eigenvalue weighted by atomic mass is 32.1. The molecule has 7 nitrogen and oxygen atoms in total. The van der Waals surface area contributed by atoms with Crippen molar-refractivity contribution < 1.29 is 23.9 Å². The van der Waals surface area contributed by atoms with Crippen molar-refractivity contribution in [1.29, 1.82) is 0 Å². The van der Waals surface area contributed by atoms with Crippen LogP contribution < -0.4 is 4.80 Å². The zero-order valence-corrected chi connectivity index (χ0v) is 17.2. The van der Waals surface area contributed by atoms with Crippen LogP contribution >= 0.6 is 11.3 Å². The van der Waals surface area contributed by atoms with Gasteiger partial charge in [-0.1, -0.05) is 17.3 Å². The summed E-state index contributed by atoms with van der Waals surface area (Å²) in [5.74, 6) is 1.17. The molecule has 2 aromatic carbocycles. The van der Waals surface area contributed by atoms with Crippen LogP contribution in [0.4, 0.5) is 0 Å². The Hall–Kier alpha value is -3.70.